The molecule has 9 heteroatoms. The summed E-state index contributed by atoms with van der Waals surface area (Å²) in [6.07, 6.45) is -1.04. The summed E-state index contributed by atoms with van der Waals surface area (Å²) < 4.78 is 44.2. The first-order valence-electron chi connectivity index (χ1n) is 14.3. The Morgan fingerprint density at radius 3 is 2.55 bits per heavy atom. The van der Waals surface area contributed by atoms with Gasteiger partial charge >= 0.3 is 6.36 Å². The van der Waals surface area contributed by atoms with Gasteiger partial charge in [0.05, 0.1) is 0 Å². The van der Waals surface area contributed by atoms with Crippen LogP contribution >= 0.6 is 22.6 Å². The second-order valence-electron chi connectivity index (χ2n) is 11.2. The zero-order chi connectivity index (χ0) is 29.9. The summed E-state index contributed by atoms with van der Waals surface area (Å²) in [4.78, 5) is 18.0. The van der Waals surface area contributed by atoms with E-state index in [0.717, 1.165) is 82.3 Å². The van der Waals surface area contributed by atoms with Crippen molar-refractivity contribution in [1.82, 2.24) is 9.88 Å². The van der Waals surface area contributed by atoms with E-state index >= 15 is 0 Å². The monoisotopic (exact) mass is 689 g/mol. The van der Waals surface area contributed by atoms with E-state index in [2.05, 4.69) is 60.7 Å². The number of carbonyl (C=O) groups is 1. The number of H-pyrrole nitrogens is 1. The normalized spacial score (nSPS) is 14.9. The number of rotatable bonds is 9. The molecule has 0 bridgehead atoms. The minimum atomic E-state index is -4.74. The molecule has 1 amide bonds. The molecule has 0 spiro atoms. The van der Waals surface area contributed by atoms with E-state index in [9.17, 15) is 18.0 Å². The second-order valence-corrected chi connectivity index (χ2v) is 12.5. The lowest BCUT2D eigenvalue weighted by Gasteiger charge is -2.32. The molecule has 3 aromatic carbocycles. The van der Waals surface area contributed by atoms with Gasteiger partial charge in [-0.25, -0.2) is 0 Å². The fourth-order valence-electron chi connectivity index (χ4n) is 5.70. The highest BCUT2D eigenvalue weighted by atomic mass is 127. The molecule has 0 radical (unpaired) electrons. The molecule has 222 valence electrons. The summed E-state index contributed by atoms with van der Waals surface area (Å²) in [7, 11) is 0. The van der Waals surface area contributed by atoms with Crippen LogP contribution in [0.4, 0.5) is 18.9 Å². The highest BCUT2D eigenvalue weighted by molar-refractivity contribution is 14.1. The molecule has 2 heterocycles. The Kier molecular flexibility index (Phi) is 9.47. The topological polar surface area (TPSA) is 57.4 Å². The number of aryl methyl sites for hydroxylation is 1. The Morgan fingerprint density at radius 2 is 1.83 bits per heavy atom. The van der Waals surface area contributed by atoms with Crippen LogP contribution in [0.5, 0.6) is 5.75 Å². The Bertz CT molecular complexity index is 1540. The number of nitrogens with one attached hydrogen (secondary N) is 2. The number of likely N-dealkylation sites (tertiary alicyclic amines) is 1. The summed E-state index contributed by atoms with van der Waals surface area (Å²) in [5, 5.41) is 3.76. The number of alkyl halides is 3. The maximum atomic E-state index is 12.9. The fourth-order valence-corrected chi connectivity index (χ4v) is 6.24. The molecule has 0 atom stereocenters. The first kappa shape index (κ1) is 30.4. The van der Waals surface area contributed by atoms with E-state index in [-0.39, 0.29) is 17.6 Å². The maximum absolute atomic E-state index is 12.9. The van der Waals surface area contributed by atoms with Gasteiger partial charge in [0.2, 0.25) is 5.91 Å². The van der Waals surface area contributed by atoms with E-state index in [1.807, 2.05) is 44.2 Å². The average molecular weight is 690 g/mol. The molecule has 1 fully saturated rings. The van der Waals surface area contributed by atoms with Crippen molar-refractivity contribution >= 4 is 45.1 Å². The number of aromatic amines is 1. The standard InChI is InChI=1S/C33H35F3IN3O2/c1-21(2)32(41)38-26-9-4-6-23(19-26)22-13-16-40(17-14-22)15-5-10-28-29-20-27(42-33(34,35)36)11-12-30(29)39-31(28)24-7-3-8-25(37)18-24/h3-4,6-9,11-12,18-22,39H,5,10,13-17H2,1-2H3,(H,38,41). The molecule has 42 heavy (non-hydrogen) atoms. The summed E-state index contributed by atoms with van der Waals surface area (Å²) in [5.74, 6) is 0.194. The number of amides is 1. The van der Waals surface area contributed by atoms with Gasteiger partial charge in [0.25, 0.3) is 0 Å². The van der Waals surface area contributed by atoms with Crippen LogP contribution in [-0.2, 0) is 11.2 Å². The molecule has 0 unspecified atom stereocenters. The van der Waals surface area contributed by atoms with Crippen molar-refractivity contribution < 1.29 is 22.7 Å². The van der Waals surface area contributed by atoms with Crippen LogP contribution in [-0.4, -0.2) is 41.8 Å². The first-order chi connectivity index (χ1) is 20.1. The summed E-state index contributed by atoms with van der Waals surface area (Å²) in [5.41, 5.74) is 5.86. The number of hydrogen-bond donors (Lipinski definition) is 2. The van der Waals surface area contributed by atoms with Gasteiger partial charge in [-0.1, -0.05) is 38.1 Å². The molecule has 1 aliphatic heterocycles. The van der Waals surface area contributed by atoms with Crippen molar-refractivity contribution in [2.24, 2.45) is 5.92 Å². The molecular weight excluding hydrogens is 654 g/mol. The number of fused-ring (bicyclic) bond motifs is 1. The molecule has 0 aliphatic carbocycles. The lowest BCUT2D eigenvalue weighted by molar-refractivity contribution is -0.274. The van der Waals surface area contributed by atoms with Crippen LogP contribution in [0.15, 0.2) is 66.7 Å². The molecule has 2 N–H and O–H groups in total. The van der Waals surface area contributed by atoms with Gasteiger partial charge < -0.3 is 19.9 Å². The number of halogens is 4. The van der Waals surface area contributed by atoms with Gasteiger partial charge in [-0.15, -0.1) is 13.2 Å². The van der Waals surface area contributed by atoms with Crippen LogP contribution in [0, 0.1) is 9.49 Å². The fraction of sp³-hybridized carbons (Fsp3) is 0.364. The smallest absolute Gasteiger partial charge is 0.406 e. The molecule has 1 aromatic heterocycles. The average Bonchev–Trinajstić information content (AvgIpc) is 3.30. The largest absolute Gasteiger partial charge is 0.573 e. The minimum Gasteiger partial charge on any atom is -0.406 e. The number of piperidine rings is 1. The van der Waals surface area contributed by atoms with Crippen molar-refractivity contribution in [2.75, 3.05) is 25.0 Å². The van der Waals surface area contributed by atoms with Crippen LogP contribution in [0.25, 0.3) is 22.2 Å². The highest BCUT2D eigenvalue weighted by Crippen LogP contribution is 2.36. The van der Waals surface area contributed by atoms with E-state index in [1.165, 1.54) is 17.7 Å². The minimum absolute atomic E-state index is 0.0198. The Labute approximate surface area is 258 Å². The van der Waals surface area contributed by atoms with Crippen molar-refractivity contribution in [2.45, 2.75) is 51.8 Å². The van der Waals surface area contributed by atoms with Crippen molar-refractivity contribution in [1.29, 1.82) is 0 Å². The molecule has 5 nitrogen and oxygen atoms in total. The quantitative estimate of drug-likeness (QED) is 0.173. The van der Waals surface area contributed by atoms with Gasteiger partial charge in [0, 0.05) is 31.8 Å². The Hall–Kier alpha value is -3.05. The van der Waals surface area contributed by atoms with Crippen LogP contribution in [0.2, 0.25) is 0 Å². The van der Waals surface area contributed by atoms with E-state index in [4.69, 9.17) is 0 Å². The number of aromatic nitrogens is 1. The highest BCUT2D eigenvalue weighted by Gasteiger charge is 2.31. The van der Waals surface area contributed by atoms with E-state index in [1.54, 1.807) is 6.07 Å². The van der Waals surface area contributed by atoms with Crippen LogP contribution in [0.1, 0.15) is 50.2 Å². The van der Waals surface area contributed by atoms with Crippen LogP contribution in [0.3, 0.4) is 0 Å². The number of carbonyl (C=O) groups excluding carboxylic acids is 1. The number of benzene rings is 3. The molecular formula is C33H35F3IN3O2. The van der Waals surface area contributed by atoms with Gasteiger partial charge in [-0.3, -0.25) is 4.79 Å². The number of hydrogen-bond acceptors (Lipinski definition) is 3. The summed E-state index contributed by atoms with van der Waals surface area (Å²) >= 11 is 2.27. The predicted molar refractivity (Wildman–Crippen MR) is 170 cm³/mol. The van der Waals surface area contributed by atoms with E-state index < -0.39 is 6.36 Å². The third-order valence-corrected chi connectivity index (χ3v) is 8.53. The zero-order valence-electron chi connectivity index (χ0n) is 23.7. The van der Waals surface area contributed by atoms with Gasteiger partial charge in [0.1, 0.15) is 5.75 Å². The second kappa shape index (κ2) is 13.1. The molecule has 0 saturated carbocycles. The number of anilines is 1. The predicted octanol–water partition coefficient (Wildman–Crippen LogP) is 8.74. The SMILES string of the molecule is CC(C)C(=O)Nc1cccc(C2CCN(CCCc3c(-c4cccc(I)c4)[nH]c4ccc(OC(F)(F)F)cc34)CC2)c1. The van der Waals surface area contributed by atoms with Crippen molar-refractivity contribution in [3.63, 3.8) is 0 Å². The lowest BCUT2D eigenvalue weighted by Crippen LogP contribution is -2.33. The van der Waals surface area contributed by atoms with Gasteiger partial charge in [0.15, 0.2) is 0 Å². The van der Waals surface area contributed by atoms with Crippen LogP contribution < -0.4 is 10.1 Å². The molecule has 1 saturated heterocycles. The first-order valence-corrected chi connectivity index (χ1v) is 15.4. The van der Waals surface area contributed by atoms with E-state index in [0.29, 0.717) is 5.92 Å². The van der Waals surface area contributed by atoms with Crippen molar-refractivity contribution in [3.05, 3.63) is 81.4 Å². The Balaban J connectivity index is 1.25. The lowest BCUT2D eigenvalue weighted by atomic mass is 9.89. The molecule has 5 rings (SSSR count). The van der Waals surface area contributed by atoms with Gasteiger partial charge in [-0.05, 0) is 133 Å². The third kappa shape index (κ3) is 7.66. The molecule has 4 aromatic rings. The number of nitrogens with zero attached hydrogens (tertiary/aromatic N) is 1. The third-order valence-electron chi connectivity index (χ3n) is 7.86. The molecule has 1 aliphatic rings. The summed E-state index contributed by atoms with van der Waals surface area (Å²) in [6.45, 7) is 6.64. The van der Waals surface area contributed by atoms with Gasteiger partial charge in [-0.2, -0.15) is 0 Å². The summed E-state index contributed by atoms with van der Waals surface area (Å²) in [6, 6.07) is 20.8. The Morgan fingerprint density at radius 1 is 1.07 bits per heavy atom. The maximum Gasteiger partial charge on any atom is 0.573 e. The number of ether oxygens (including phenoxy) is 1. The van der Waals surface area contributed by atoms with Crippen molar-refractivity contribution in [3.8, 4) is 17.0 Å². The zero-order valence-corrected chi connectivity index (χ0v) is 25.9.